The summed E-state index contributed by atoms with van der Waals surface area (Å²) in [7, 11) is 1.62. The van der Waals surface area contributed by atoms with Gasteiger partial charge in [-0.1, -0.05) is 35.3 Å². The van der Waals surface area contributed by atoms with Crippen LogP contribution in [0.5, 0.6) is 0 Å². The normalized spacial score (nSPS) is 21.8. The van der Waals surface area contributed by atoms with Gasteiger partial charge >= 0.3 is 6.03 Å². The quantitative estimate of drug-likeness (QED) is 0.757. The molecule has 0 aliphatic carbocycles. The summed E-state index contributed by atoms with van der Waals surface area (Å²) in [5.74, 6) is -0.222. The Bertz CT molecular complexity index is 929. The van der Waals surface area contributed by atoms with Gasteiger partial charge in [-0.3, -0.25) is 14.5 Å². The van der Waals surface area contributed by atoms with E-state index in [0.717, 1.165) is 0 Å². The molecule has 0 aromatic heterocycles. The molecule has 1 saturated heterocycles. The van der Waals surface area contributed by atoms with Gasteiger partial charge in [0, 0.05) is 33.1 Å². The van der Waals surface area contributed by atoms with Gasteiger partial charge in [0.15, 0.2) is 0 Å². The molecule has 1 aromatic carbocycles. The van der Waals surface area contributed by atoms with E-state index in [1.807, 2.05) is 0 Å². The first-order valence-electron chi connectivity index (χ1n) is 9.74. The molecule has 10 heteroatoms. The first-order valence-corrected chi connectivity index (χ1v) is 10.5. The average Bonchev–Trinajstić information content (AvgIpc) is 3.08. The highest BCUT2D eigenvalue weighted by Gasteiger charge is 2.43. The summed E-state index contributed by atoms with van der Waals surface area (Å²) in [6.07, 6.45) is 0.222. The second-order valence-corrected chi connectivity index (χ2v) is 8.20. The molecule has 1 unspecified atom stereocenters. The number of ether oxygens (including phenoxy) is 1. The average molecular weight is 453 g/mol. The first-order chi connectivity index (χ1) is 14.4. The second kappa shape index (κ2) is 8.45. The monoisotopic (exact) mass is 452 g/mol. The van der Waals surface area contributed by atoms with E-state index < -0.39 is 6.04 Å². The highest BCUT2D eigenvalue weighted by molar-refractivity contribution is 6.42. The molecule has 0 spiro atoms. The summed E-state index contributed by atoms with van der Waals surface area (Å²) in [5.41, 5.74) is 1.64. The van der Waals surface area contributed by atoms with Crippen LogP contribution in [0.1, 0.15) is 18.0 Å². The Labute approximate surface area is 184 Å². The number of rotatable bonds is 4. The molecule has 1 N–H and O–H groups in total. The molecule has 3 aliphatic rings. The number of amides is 4. The number of hydrogen-bond donors (Lipinski definition) is 1. The zero-order valence-electron chi connectivity index (χ0n) is 16.5. The Balaban J connectivity index is 1.54. The van der Waals surface area contributed by atoms with E-state index in [9.17, 15) is 14.4 Å². The van der Waals surface area contributed by atoms with Crippen LogP contribution in [0.15, 0.2) is 29.5 Å². The molecule has 0 radical (unpaired) electrons. The standard InChI is InChI=1S/C20H22Cl2N4O4/c1-24-14-11-26(6-5-15(27)25-7-9-30-10-8-25)19(28)16(14)18(23-20(24)29)12-3-2-4-13(21)17(12)22/h2-4,18H,5-11H2,1H3,(H,23,29). The minimum Gasteiger partial charge on any atom is -0.378 e. The van der Waals surface area contributed by atoms with Gasteiger partial charge in [0.1, 0.15) is 0 Å². The fourth-order valence-corrected chi connectivity index (χ4v) is 4.40. The van der Waals surface area contributed by atoms with Gasteiger partial charge in [-0.15, -0.1) is 0 Å². The number of halogens is 2. The zero-order chi connectivity index (χ0) is 21.4. The molecule has 1 fully saturated rings. The summed E-state index contributed by atoms with van der Waals surface area (Å²) in [4.78, 5) is 43.0. The van der Waals surface area contributed by atoms with Gasteiger partial charge in [0.2, 0.25) is 5.91 Å². The Morgan fingerprint density at radius 2 is 1.97 bits per heavy atom. The number of morpholine rings is 1. The summed E-state index contributed by atoms with van der Waals surface area (Å²) in [6, 6.07) is 4.11. The topological polar surface area (TPSA) is 82.2 Å². The van der Waals surface area contributed by atoms with Gasteiger partial charge < -0.3 is 19.9 Å². The maximum Gasteiger partial charge on any atom is 0.322 e. The summed E-state index contributed by atoms with van der Waals surface area (Å²) >= 11 is 12.5. The minimum absolute atomic E-state index is 0.00652. The fourth-order valence-electron chi connectivity index (χ4n) is 3.98. The highest BCUT2D eigenvalue weighted by Crippen LogP contribution is 2.39. The van der Waals surface area contributed by atoms with Crippen LogP contribution in [-0.4, -0.2) is 79.0 Å². The summed E-state index contributed by atoms with van der Waals surface area (Å²) in [6.45, 7) is 2.75. The van der Waals surface area contributed by atoms with Crippen LogP contribution in [-0.2, 0) is 14.3 Å². The van der Waals surface area contributed by atoms with Crippen molar-refractivity contribution in [3.63, 3.8) is 0 Å². The lowest BCUT2D eigenvalue weighted by molar-refractivity contribution is -0.136. The van der Waals surface area contributed by atoms with Crippen LogP contribution < -0.4 is 5.32 Å². The molecule has 1 aromatic rings. The molecule has 3 heterocycles. The lowest BCUT2D eigenvalue weighted by Gasteiger charge is -2.31. The van der Waals surface area contributed by atoms with E-state index in [1.165, 1.54) is 4.90 Å². The third kappa shape index (κ3) is 3.75. The molecule has 8 nitrogen and oxygen atoms in total. The van der Waals surface area contributed by atoms with Gasteiger partial charge in [-0.25, -0.2) is 4.79 Å². The highest BCUT2D eigenvalue weighted by atomic mass is 35.5. The molecule has 160 valence electrons. The van der Waals surface area contributed by atoms with Crippen molar-refractivity contribution in [2.24, 2.45) is 0 Å². The van der Waals surface area contributed by atoms with E-state index in [4.69, 9.17) is 27.9 Å². The van der Waals surface area contributed by atoms with Crippen molar-refractivity contribution in [1.29, 1.82) is 0 Å². The van der Waals surface area contributed by atoms with Gasteiger partial charge in [0.05, 0.1) is 47.1 Å². The number of benzene rings is 1. The van der Waals surface area contributed by atoms with Crippen molar-refractivity contribution in [3.8, 4) is 0 Å². The van der Waals surface area contributed by atoms with E-state index in [-0.39, 0.29) is 37.4 Å². The maximum atomic E-state index is 13.2. The predicted octanol–water partition coefficient (Wildman–Crippen LogP) is 2.03. The Morgan fingerprint density at radius 3 is 2.70 bits per heavy atom. The smallest absolute Gasteiger partial charge is 0.322 e. The molecule has 1 atom stereocenters. The summed E-state index contributed by atoms with van der Waals surface area (Å²) < 4.78 is 5.27. The van der Waals surface area contributed by atoms with Crippen molar-refractivity contribution in [2.75, 3.05) is 46.4 Å². The predicted molar refractivity (Wildman–Crippen MR) is 111 cm³/mol. The Kier molecular flexibility index (Phi) is 5.90. The van der Waals surface area contributed by atoms with E-state index in [1.54, 1.807) is 35.0 Å². The maximum absolute atomic E-state index is 13.2. The van der Waals surface area contributed by atoms with Crippen LogP contribution >= 0.6 is 23.2 Å². The molecule has 4 amide bonds. The number of carbonyl (C=O) groups excluding carboxylic acids is 3. The van der Waals surface area contributed by atoms with E-state index >= 15 is 0 Å². The van der Waals surface area contributed by atoms with Crippen LogP contribution in [0.4, 0.5) is 4.79 Å². The van der Waals surface area contributed by atoms with Crippen molar-refractivity contribution in [1.82, 2.24) is 20.0 Å². The largest absolute Gasteiger partial charge is 0.378 e. The third-order valence-corrected chi connectivity index (χ3v) is 6.52. The Morgan fingerprint density at radius 1 is 1.23 bits per heavy atom. The number of urea groups is 1. The lowest BCUT2D eigenvalue weighted by atomic mass is 9.95. The first kappa shape index (κ1) is 21.0. The fraction of sp³-hybridized carbons (Fsp3) is 0.450. The number of carbonyl (C=O) groups is 3. The molecular weight excluding hydrogens is 431 g/mol. The van der Waals surface area contributed by atoms with Gasteiger partial charge in [-0.05, 0) is 11.6 Å². The minimum atomic E-state index is -0.692. The number of hydrogen-bond acceptors (Lipinski definition) is 4. The van der Waals surface area contributed by atoms with Crippen LogP contribution in [0.3, 0.4) is 0 Å². The van der Waals surface area contributed by atoms with Crippen molar-refractivity contribution >= 4 is 41.0 Å². The van der Waals surface area contributed by atoms with Gasteiger partial charge in [-0.2, -0.15) is 0 Å². The number of nitrogens with zero attached hydrogens (tertiary/aromatic N) is 3. The second-order valence-electron chi connectivity index (χ2n) is 7.41. The van der Waals surface area contributed by atoms with Crippen LogP contribution in [0.25, 0.3) is 0 Å². The van der Waals surface area contributed by atoms with Crippen molar-refractivity contribution < 1.29 is 19.1 Å². The molecule has 3 aliphatic heterocycles. The molecule has 4 rings (SSSR count). The molecular formula is C20H22Cl2N4O4. The molecule has 0 saturated carbocycles. The van der Waals surface area contributed by atoms with Crippen LogP contribution in [0.2, 0.25) is 10.0 Å². The van der Waals surface area contributed by atoms with E-state index in [0.29, 0.717) is 53.2 Å². The van der Waals surface area contributed by atoms with Crippen molar-refractivity contribution in [3.05, 3.63) is 45.1 Å². The van der Waals surface area contributed by atoms with Gasteiger partial charge in [0.25, 0.3) is 5.91 Å². The molecule has 0 bridgehead atoms. The summed E-state index contributed by atoms with van der Waals surface area (Å²) in [5, 5.41) is 3.49. The van der Waals surface area contributed by atoms with Crippen molar-refractivity contribution in [2.45, 2.75) is 12.5 Å². The lowest BCUT2D eigenvalue weighted by Crippen LogP contribution is -2.45. The van der Waals surface area contributed by atoms with E-state index in [2.05, 4.69) is 5.32 Å². The SMILES string of the molecule is CN1C(=O)NC(c2cccc(Cl)c2Cl)C2=C1CN(CCC(=O)N1CCOCC1)C2=O. The molecule has 30 heavy (non-hydrogen) atoms. The van der Waals surface area contributed by atoms with Crippen LogP contribution in [0, 0.1) is 0 Å². The zero-order valence-corrected chi connectivity index (χ0v) is 18.0. The Hall–Kier alpha value is -2.29. The third-order valence-electron chi connectivity index (χ3n) is 5.69. The number of nitrogens with one attached hydrogen (secondary N) is 1. The number of likely N-dealkylation sites (N-methyl/N-ethyl adjacent to an activating group) is 1.